The van der Waals surface area contributed by atoms with E-state index in [9.17, 15) is 0 Å². The van der Waals surface area contributed by atoms with Crippen LogP contribution in [0, 0.1) is 27.7 Å². The quantitative estimate of drug-likeness (QED) is 0.0261. The minimum absolute atomic E-state index is 0.745. The molecule has 0 saturated carbocycles. The van der Waals surface area contributed by atoms with Crippen molar-refractivity contribution in [3.63, 3.8) is 0 Å². The Kier molecular flexibility index (Phi) is 11.5. The molecule has 60 heavy (non-hydrogen) atoms. The molecule has 8 aromatic rings. The third-order valence-corrected chi connectivity index (χ3v) is 11.8. The summed E-state index contributed by atoms with van der Waals surface area (Å²) in [5, 5.41) is 14.2. The molecule has 8 rings (SSSR count). The number of hydrogen-bond acceptors (Lipinski definition) is 8. The molecule has 6 aromatic carbocycles. The summed E-state index contributed by atoms with van der Waals surface area (Å²) < 4.78 is 4.60. The summed E-state index contributed by atoms with van der Waals surface area (Å²) in [4.78, 5) is 10.2. The maximum Gasteiger partial charge on any atom is 0.239 e. The first-order valence-electron chi connectivity index (χ1n) is 21.3. The van der Waals surface area contributed by atoms with Gasteiger partial charge in [0.15, 0.2) is 0 Å². The van der Waals surface area contributed by atoms with E-state index in [1.807, 2.05) is 38.4 Å². The van der Waals surface area contributed by atoms with E-state index in [4.69, 9.17) is 21.4 Å². The summed E-state index contributed by atoms with van der Waals surface area (Å²) in [5.74, 6) is 0. The van der Waals surface area contributed by atoms with Crippen LogP contribution >= 0.6 is 0 Å². The molecular weight excluding hydrogens is 741 g/mol. The number of nitrogen functional groups attached to an aromatic ring is 2. The van der Waals surface area contributed by atoms with Crippen LogP contribution in [0.15, 0.2) is 97.1 Å². The van der Waals surface area contributed by atoms with E-state index in [-0.39, 0.29) is 0 Å². The van der Waals surface area contributed by atoms with Crippen LogP contribution in [-0.4, -0.2) is 37.2 Å². The number of aromatic nitrogens is 4. The second kappa shape index (κ2) is 17.3. The third kappa shape index (κ3) is 8.14. The van der Waals surface area contributed by atoms with Crippen molar-refractivity contribution in [3.05, 3.63) is 119 Å². The lowest BCUT2D eigenvalue weighted by Gasteiger charge is -2.13. The Morgan fingerprint density at radius 1 is 0.417 bits per heavy atom. The van der Waals surface area contributed by atoms with Crippen LogP contribution in [0.5, 0.6) is 0 Å². The Labute approximate surface area is 353 Å². The third-order valence-electron chi connectivity index (χ3n) is 11.8. The largest absolute Gasteiger partial charge is 0.399 e. The number of nitrogens with two attached hydrogens (primary N) is 2. The van der Waals surface area contributed by atoms with Crippen molar-refractivity contribution in [3.8, 4) is 11.4 Å². The first kappa shape index (κ1) is 40.1. The molecule has 0 radical (unpaired) electrons. The smallest absolute Gasteiger partial charge is 0.239 e. The number of rotatable bonds is 15. The van der Waals surface area contributed by atoms with Crippen LogP contribution in [0.2, 0.25) is 0 Å². The summed E-state index contributed by atoms with van der Waals surface area (Å²) in [6.07, 6.45) is 7.08. The van der Waals surface area contributed by atoms with E-state index in [1.165, 1.54) is 47.9 Å². The van der Waals surface area contributed by atoms with Gasteiger partial charge in [0, 0.05) is 110 Å². The van der Waals surface area contributed by atoms with Gasteiger partial charge in [-0.05, 0) is 111 Å². The number of benzene rings is 6. The SMILES string of the molecule is CNc1cc2c(cc1C)nc1cc(C)c(NCCCCCCCCNc3cc4c(cc3C)nc3cc(C)c(NC)cc3[n+]4-c3ccc(N)cc3)cc1[n+]2-c1ccc(N)cc1. The van der Waals surface area contributed by atoms with Gasteiger partial charge in [0.1, 0.15) is 22.1 Å². The van der Waals surface area contributed by atoms with Crippen molar-refractivity contribution in [2.24, 2.45) is 0 Å². The highest BCUT2D eigenvalue weighted by molar-refractivity contribution is 5.89. The van der Waals surface area contributed by atoms with Crippen molar-refractivity contribution < 1.29 is 9.13 Å². The predicted molar refractivity (Wildman–Crippen MR) is 253 cm³/mol. The molecule has 0 amide bonds. The van der Waals surface area contributed by atoms with Crippen molar-refractivity contribution in [2.45, 2.75) is 66.2 Å². The van der Waals surface area contributed by atoms with E-state index in [0.717, 1.165) is 116 Å². The zero-order valence-electron chi connectivity index (χ0n) is 35.8. The van der Waals surface area contributed by atoms with Crippen molar-refractivity contribution in [2.75, 3.05) is 59.9 Å². The van der Waals surface area contributed by atoms with Gasteiger partial charge >= 0.3 is 0 Å². The van der Waals surface area contributed by atoms with Crippen molar-refractivity contribution in [1.82, 2.24) is 9.97 Å². The number of hydrogen-bond donors (Lipinski definition) is 6. The molecule has 0 atom stereocenters. The monoisotopic (exact) mass is 798 g/mol. The number of anilines is 6. The lowest BCUT2D eigenvalue weighted by Crippen LogP contribution is -2.33. The summed E-state index contributed by atoms with van der Waals surface area (Å²) in [6, 6.07) is 33.8. The zero-order chi connectivity index (χ0) is 41.9. The average molecular weight is 799 g/mol. The molecular formula is C50H58N10+2. The number of unbranched alkanes of at least 4 members (excludes halogenated alkanes) is 5. The lowest BCUT2D eigenvalue weighted by molar-refractivity contribution is -0.538. The molecule has 10 heteroatoms. The molecule has 2 aromatic heterocycles. The maximum absolute atomic E-state index is 6.10. The second-order valence-electron chi connectivity index (χ2n) is 16.2. The number of nitrogens with one attached hydrogen (secondary N) is 4. The van der Waals surface area contributed by atoms with Gasteiger partial charge in [-0.1, -0.05) is 25.7 Å². The van der Waals surface area contributed by atoms with E-state index in [2.05, 4.69) is 131 Å². The highest BCUT2D eigenvalue weighted by atomic mass is 15.0. The average Bonchev–Trinajstić information content (AvgIpc) is 3.23. The van der Waals surface area contributed by atoms with Gasteiger partial charge in [-0.2, -0.15) is 0 Å². The van der Waals surface area contributed by atoms with Crippen LogP contribution in [0.25, 0.3) is 55.5 Å². The van der Waals surface area contributed by atoms with E-state index in [0.29, 0.717) is 0 Å². The molecule has 0 spiro atoms. The molecule has 2 heterocycles. The fourth-order valence-electron chi connectivity index (χ4n) is 8.44. The van der Waals surface area contributed by atoms with E-state index < -0.39 is 0 Å². The highest BCUT2D eigenvalue weighted by Crippen LogP contribution is 2.29. The molecule has 0 aliphatic rings. The van der Waals surface area contributed by atoms with Crippen LogP contribution < -0.4 is 41.9 Å². The van der Waals surface area contributed by atoms with Crippen LogP contribution in [0.1, 0.15) is 60.8 Å². The molecule has 306 valence electrons. The van der Waals surface area contributed by atoms with Gasteiger partial charge in [0.25, 0.3) is 0 Å². The minimum atomic E-state index is 0.745. The Bertz CT molecular complexity index is 2650. The van der Waals surface area contributed by atoms with Gasteiger partial charge in [-0.25, -0.2) is 9.97 Å². The number of fused-ring (bicyclic) bond motifs is 4. The molecule has 0 unspecified atom stereocenters. The topological polar surface area (TPSA) is 134 Å². The number of aryl methyl sites for hydroxylation is 4. The minimum Gasteiger partial charge on any atom is -0.399 e. The van der Waals surface area contributed by atoms with Gasteiger partial charge in [0.05, 0.1) is 0 Å². The van der Waals surface area contributed by atoms with E-state index in [1.54, 1.807) is 0 Å². The first-order valence-corrected chi connectivity index (χ1v) is 21.3. The summed E-state index contributed by atoms with van der Waals surface area (Å²) in [6.45, 7) is 10.4. The summed E-state index contributed by atoms with van der Waals surface area (Å²) in [7, 11) is 3.93. The van der Waals surface area contributed by atoms with E-state index >= 15 is 0 Å². The Hall–Kier alpha value is -6.68. The van der Waals surface area contributed by atoms with Crippen molar-refractivity contribution >= 4 is 78.3 Å². The van der Waals surface area contributed by atoms with Crippen LogP contribution in [-0.2, 0) is 0 Å². The molecule has 8 N–H and O–H groups in total. The Morgan fingerprint density at radius 2 is 0.717 bits per heavy atom. The first-order chi connectivity index (χ1) is 29.1. The maximum atomic E-state index is 6.10. The van der Waals surface area contributed by atoms with Crippen molar-refractivity contribution in [1.29, 1.82) is 0 Å². The molecule has 10 nitrogen and oxygen atoms in total. The molecule has 0 aliphatic heterocycles. The number of nitrogens with zero attached hydrogens (tertiary/aromatic N) is 4. The van der Waals surface area contributed by atoms with Gasteiger partial charge in [-0.15, -0.1) is 9.13 Å². The second-order valence-corrected chi connectivity index (χ2v) is 16.2. The zero-order valence-corrected chi connectivity index (χ0v) is 35.8. The molecule has 0 aliphatic carbocycles. The molecule has 0 saturated heterocycles. The summed E-state index contributed by atoms with van der Waals surface area (Å²) in [5.41, 5.74) is 33.0. The standard InChI is InChI=1S/C50H56N10/c1-31-23-43-47(27-39(31)53-5)59(37-17-13-35(51)14-18-37)49-29-41(33(3)25-45(49)57-43)55-21-11-9-7-8-10-12-22-56-42-30-50-46(26-34(42)4)58-44-24-32(2)40(54-6)28-48(44)60(50)38-19-15-36(52)16-20-38/h13-20,23-30H,7-12,21-22,51-52H2,1-6H3,(H2,53,54,55,56)/p+2. The van der Waals surface area contributed by atoms with Crippen LogP contribution in [0.4, 0.5) is 34.1 Å². The highest BCUT2D eigenvalue weighted by Gasteiger charge is 2.24. The fraction of sp³-hybridized carbons (Fsp3) is 0.280. The Morgan fingerprint density at radius 3 is 1.05 bits per heavy atom. The summed E-state index contributed by atoms with van der Waals surface area (Å²) >= 11 is 0. The predicted octanol–water partition coefficient (Wildman–Crippen LogP) is 9.99. The lowest BCUT2D eigenvalue weighted by atomic mass is 10.1. The van der Waals surface area contributed by atoms with Crippen LogP contribution in [0.3, 0.4) is 0 Å². The van der Waals surface area contributed by atoms with Gasteiger partial charge in [0.2, 0.25) is 33.4 Å². The normalized spacial score (nSPS) is 11.5. The fourth-order valence-corrected chi connectivity index (χ4v) is 8.44. The molecule has 0 fully saturated rings. The molecule has 0 bridgehead atoms. The van der Waals surface area contributed by atoms with Gasteiger partial charge < -0.3 is 32.7 Å². The Balaban J connectivity index is 0.884. The van der Waals surface area contributed by atoms with Gasteiger partial charge in [-0.3, -0.25) is 0 Å².